The van der Waals surface area contributed by atoms with E-state index in [9.17, 15) is 13.2 Å². The van der Waals surface area contributed by atoms with Crippen LogP contribution in [0.4, 0.5) is 24.5 Å². The molecule has 0 bridgehead atoms. The zero-order valence-corrected chi connectivity index (χ0v) is 12.8. The molecule has 2 nitrogen and oxygen atoms in total. The Bertz CT molecular complexity index is 691. The Morgan fingerprint density at radius 1 is 1.09 bits per heavy atom. The highest BCUT2D eigenvalue weighted by Crippen LogP contribution is 2.59. The topological polar surface area (TPSA) is 38.0 Å². The molecule has 0 spiro atoms. The molecule has 0 unspecified atom stereocenters. The summed E-state index contributed by atoms with van der Waals surface area (Å²) in [5, 5.41) is 3.23. The molecule has 0 aliphatic heterocycles. The van der Waals surface area contributed by atoms with Crippen LogP contribution < -0.4 is 11.1 Å². The van der Waals surface area contributed by atoms with E-state index in [1.807, 2.05) is 37.3 Å². The molecule has 0 saturated heterocycles. The minimum atomic E-state index is -4.22. The molecule has 3 N–H and O–H groups in total. The van der Waals surface area contributed by atoms with Gasteiger partial charge in [0.25, 0.3) is 0 Å². The van der Waals surface area contributed by atoms with Crippen molar-refractivity contribution < 1.29 is 13.2 Å². The van der Waals surface area contributed by atoms with Gasteiger partial charge >= 0.3 is 6.18 Å². The lowest BCUT2D eigenvalue weighted by atomic mass is 9.94. The smallest absolute Gasteiger partial charge is 0.397 e. The van der Waals surface area contributed by atoms with Crippen molar-refractivity contribution in [3.63, 3.8) is 0 Å². The van der Waals surface area contributed by atoms with Gasteiger partial charge < -0.3 is 11.1 Å². The fourth-order valence-electron chi connectivity index (χ4n) is 2.90. The molecule has 0 aromatic heterocycles. The lowest BCUT2D eigenvalue weighted by Gasteiger charge is -2.23. The van der Waals surface area contributed by atoms with E-state index in [0.29, 0.717) is 16.9 Å². The molecule has 1 fully saturated rings. The van der Waals surface area contributed by atoms with E-state index in [-0.39, 0.29) is 18.9 Å². The average molecular weight is 320 g/mol. The van der Waals surface area contributed by atoms with Crippen molar-refractivity contribution in [2.45, 2.75) is 37.4 Å². The number of alkyl halides is 3. The van der Waals surface area contributed by atoms with Crippen molar-refractivity contribution in [1.29, 1.82) is 0 Å². The van der Waals surface area contributed by atoms with Crippen LogP contribution in [0.15, 0.2) is 48.5 Å². The summed E-state index contributed by atoms with van der Waals surface area (Å²) in [6, 6.07) is 14.3. The SMILES string of the molecule is C[C@H](Nc1cc(C2(C(F)(F)F)CC2)ccc1N)c1ccccc1. The molecule has 3 rings (SSSR count). The minimum absolute atomic E-state index is 0.0465. The van der Waals surface area contributed by atoms with E-state index in [4.69, 9.17) is 5.73 Å². The quantitative estimate of drug-likeness (QED) is 0.775. The van der Waals surface area contributed by atoms with Gasteiger partial charge in [-0.05, 0) is 43.0 Å². The molecule has 0 heterocycles. The van der Waals surface area contributed by atoms with Crippen LogP contribution in [0, 0.1) is 0 Å². The van der Waals surface area contributed by atoms with Gasteiger partial charge in [-0.2, -0.15) is 13.2 Å². The summed E-state index contributed by atoms with van der Waals surface area (Å²) in [7, 11) is 0. The third-order valence-corrected chi connectivity index (χ3v) is 4.57. The van der Waals surface area contributed by atoms with Gasteiger partial charge in [0.1, 0.15) is 0 Å². The number of rotatable bonds is 4. The third kappa shape index (κ3) is 2.87. The van der Waals surface area contributed by atoms with E-state index in [1.165, 1.54) is 6.07 Å². The van der Waals surface area contributed by atoms with Gasteiger partial charge in [0.05, 0.1) is 16.8 Å². The molecule has 5 heteroatoms. The predicted octanol–water partition coefficient (Wildman–Crippen LogP) is 5.04. The van der Waals surface area contributed by atoms with Gasteiger partial charge in [0.15, 0.2) is 0 Å². The molecule has 122 valence electrons. The number of benzene rings is 2. The lowest BCUT2D eigenvalue weighted by molar-refractivity contribution is -0.160. The number of nitrogens with one attached hydrogen (secondary N) is 1. The van der Waals surface area contributed by atoms with E-state index in [2.05, 4.69) is 5.32 Å². The first-order valence-corrected chi connectivity index (χ1v) is 7.62. The Labute approximate surface area is 133 Å². The second-order valence-electron chi connectivity index (χ2n) is 6.16. The number of nitrogens with two attached hydrogens (primary N) is 1. The lowest BCUT2D eigenvalue weighted by Crippen LogP contribution is -2.28. The number of hydrogen-bond donors (Lipinski definition) is 2. The third-order valence-electron chi connectivity index (χ3n) is 4.57. The van der Waals surface area contributed by atoms with Crippen molar-refractivity contribution in [3.8, 4) is 0 Å². The molecule has 0 radical (unpaired) electrons. The summed E-state index contributed by atoms with van der Waals surface area (Å²) in [5.41, 5.74) is 6.60. The van der Waals surface area contributed by atoms with Crippen LogP contribution in [0.3, 0.4) is 0 Å². The first kappa shape index (κ1) is 15.7. The average Bonchev–Trinajstić information content (AvgIpc) is 3.32. The Hall–Kier alpha value is -2.17. The van der Waals surface area contributed by atoms with Crippen LogP contribution in [0.1, 0.15) is 36.9 Å². The molecule has 2 aromatic carbocycles. The van der Waals surface area contributed by atoms with E-state index < -0.39 is 11.6 Å². The van der Waals surface area contributed by atoms with E-state index >= 15 is 0 Å². The number of nitrogen functional groups attached to an aromatic ring is 1. The molecular weight excluding hydrogens is 301 g/mol. The molecule has 1 aliphatic carbocycles. The van der Waals surface area contributed by atoms with Crippen molar-refractivity contribution in [2.75, 3.05) is 11.1 Å². The fraction of sp³-hybridized carbons (Fsp3) is 0.333. The molecule has 1 atom stereocenters. The Kier molecular flexibility index (Phi) is 3.74. The number of anilines is 2. The van der Waals surface area contributed by atoms with Crippen molar-refractivity contribution in [1.82, 2.24) is 0 Å². The Morgan fingerprint density at radius 3 is 2.30 bits per heavy atom. The van der Waals surface area contributed by atoms with E-state index in [0.717, 1.165) is 5.56 Å². The minimum Gasteiger partial charge on any atom is -0.397 e. The standard InChI is InChI=1S/C18H19F3N2/c1-12(13-5-3-2-4-6-13)23-16-11-14(7-8-15(16)22)17(9-10-17)18(19,20)21/h2-8,11-12,23H,9-10,22H2,1H3/t12-/m0/s1. The van der Waals surface area contributed by atoms with Gasteiger partial charge in [-0.1, -0.05) is 36.4 Å². The van der Waals surface area contributed by atoms with Crippen LogP contribution in [-0.4, -0.2) is 6.18 Å². The number of hydrogen-bond acceptors (Lipinski definition) is 2. The summed E-state index contributed by atoms with van der Waals surface area (Å²) in [4.78, 5) is 0. The maximum absolute atomic E-state index is 13.3. The largest absolute Gasteiger partial charge is 0.398 e. The number of halogens is 3. The first-order valence-electron chi connectivity index (χ1n) is 7.62. The first-order chi connectivity index (χ1) is 10.8. The molecule has 1 aliphatic rings. The van der Waals surface area contributed by atoms with Crippen LogP contribution in [0.5, 0.6) is 0 Å². The van der Waals surface area contributed by atoms with Gasteiger partial charge in [0, 0.05) is 6.04 Å². The molecule has 2 aromatic rings. The second kappa shape index (κ2) is 5.48. The summed E-state index contributed by atoms with van der Waals surface area (Å²) in [6.45, 7) is 1.96. The van der Waals surface area contributed by atoms with Crippen LogP contribution in [0.2, 0.25) is 0 Å². The Morgan fingerprint density at radius 2 is 1.74 bits per heavy atom. The monoisotopic (exact) mass is 320 g/mol. The fourth-order valence-corrected chi connectivity index (χ4v) is 2.90. The highest BCUT2D eigenvalue weighted by atomic mass is 19.4. The molecule has 23 heavy (non-hydrogen) atoms. The maximum atomic E-state index is 13.3. The van der Waals surface area contributed by atoms with Crippen LogP contribution in [-0.2, 0) is 5.41 Å². The van der Waals surface area contributed by atoms with Crippen molar-refractivity contribution >= 4 is 11.4 Å². The molecular formula is C18H19F3N2. The normalized spacial score (nSPS) is 17.6. The van der Waals surface area contributed by atoms with E-state index in [1.54, 1.807) is 12.1 Å². The molecule has 1 saturated carbocycles. The predicted molar refractivity (Wildman–Crippen MR) is 86.3 cm³/mol. The second-order valence-corrected chi connectivity index (χ2v) is 6.16. The van der Waals surface area contributed by atoms with Gasteiger partial charge in [-0.3, -0.25) is 0 Å². The zero-order valence-electron chi connectivity index (χ0n) is 12.8. The summed E-state index contributed by atoms with van der Waals surface area (Å²) in [6.07, 6.45) is -3.92. The van der Waals surface area contributed by atoms with Gasteiger partial charge in [-0.15, -0.1) is 0 Å². The van der Waals surface area contributed by atoms with Crippen LogP contribution >= 0.6 is 0 Å². The maximum Gasteiger partial charge on any atom is 0.398 e. The van der Waals surface area contributed by atoms with Crippen molar-refractivity contribution in [2.24, 2.45) is 0 Å². The van der Waals surface area contributed by atoms with Gasteiger partial charge in [-0.25, -0.2) is 0 Å². The van der Waals surface area contributed by atoms with Crippen LogP contribution in [0.25, 0.3) is 0 Å². The summed E-state index contributed by atoms with van der Waals surface area (Å²) < 4.78 is 39.9. The summed E-state index contributed by atoms with van der Waals surface area (Å²) in [5.74, 6) is 0. The van der Waals surface area contributed by atoms with Crippen molar-refractivity contribution in [3.05, 3.63) is 59.7 Å². The highest BCUT2D eigenvalue weighted by molar-refractivity contribution is 5.68. The Balaban J connectivity index is 1.88. The van der Waals surface area contributed by atoms with Gasteiger partial charge in [0.2, 0.25) is 0 Å². The highest BCUT2D eigenvalue weighted by Gasteiger charge is 2.64. The molecule has 0 amide bonds. The zero-order chi connectivity index (χ0) is 16.7. The summed E-state index contributed by atoms with van der Waals surface area (Å²) >= 11 is 0.